The molecule has 110 valence electrons. The molecule has 0 saturated carbocycles. The summed E-state index contributed by atoms with van der Waals surface area (Å²) in [6, 6.07) is 10.4. The van der Waals surface area contributed by atoms with Crippen molar-refractivity contribution in [3.63, 3.8) is 0 Å². The highest BCUT2D eigenvalue weighted by atomic mass is 35.5. The zero-order valence-electron chi connectivity index (χ0n) is 11.8. The number of rotatable bonds is 3. The normalized spacial score (nSPS) is 19.6. The van der Waals surface area contributed by atoms with Crippen molar-refractivity contribution in [1.29, 1.82) is 0 Å². The second-order valence-corrected chi connectivity index (χ2v) is 6.27. The van der Waals surface area contributed by atoms with E-state index in [1.165, 1.54) is 24.8 Å². The number of pyridine rings is 1. The first-order valence-electron chi connectivity index (χ1n) is 7.32. The average molecular weight is 321 g/mol. The molecule has 0 spiro atoms. The minimum absolute atomic E-state index is 0.419. The van der Waals surface area contributed by atoms with E-state index in [-0.39, 0.29) is 0 Å². The van der Waals surface area contributed by atoms with Crippen LogP contribution in [0.4, 0.5) is 0 Å². The van der Waals surface area contributed by atoms with Gasteiger partial charge in [0.2, 0.25) is 0 Å². The monoisotopic (exact) mass is 320 g/mol. The molecule has 2 aromatic rings. The maximum absolute atomic E-state index is 6.34. The molecule has 1 saturated heterocycles. The Kier molecular flexibility index (Phi) is 4.79. The van der Waals surface area contributed by atoms with E-state index in [1.54, 1.807) is 0 Å². The van der Waals surface area contributed by atoms with Crippen molar-refractivity contribution in [2.45, 2.75) is 31.8 Å². The molecule has 0 radical (unpaired) electrons. The molecule has 3 rings (SSSR count). The summed E-state index contributed by atoms with van der Waals surface area (Å²) in [6.07, 6.45) is 7.46. The molecule has 1 unspecified atom stereocenters. The fraction of sp³-hybridized carbons (Fsp3) is 0.353. The number of likely N-dealkylation sites (tertiary alicyclic amines) is 1. The van der Waals surface area contributed by atoms with E-state index in [0.29, 0.717) is 16.1 Å². The Labute approximate surface area is 135 Å². The van der Waals surface area contributed by atoms with Crippen LogP contribution < -0.4 is 0 Å². The van der Waals surface area contributed by atoms with Crippen LogP contribution in [0.25, 0.3) is 0 Å². The highest BCUT2D eigenvalue weighted by Gasteiger charge is 2.24. The molecule has 1 aromatic heterocycles. The van der Waals surface area contributed by atoms with E-state index in [2.05, 4.69) is 22.0 Å². The Hall–Kier alpha value is -1.09. The Morgan fingerprint density at radius 1 is 1.14 bits per heavy atom. The van der Waals surface area contributed by atoms with E-state index in [4.69, 9.17) is 23.2 Å². The predicted molar refractivity (Wildman–Crippen MR) is 87.7 cm³/mol. The quantitative estimate of drug-likeness (QED) is 0.780. The maximum atomic E-state index is 6.34. The summed E-state index contributed by atoms with van der Waals surface area (Å²) in [5.74, 6) is 0. The molecule has 21 heavy (non-hydrogen) atoms. The number of piperidine rings is 1. The Balaban J connectivity index is 1.83. The molecule has 2 heterocycles. The first kappa shape index (κ1) is 14.8. The third-order valence-corrected chi connectivity index (χ3v) is 4.95. The van der Waals surface area contributed by atoms with Crippen molar-refractivity contribution < 1.29 is 0 Å². The molecular weight excluding hydrogens is 303 g/mol. The van der Waals surface area contributed by atoms with Crippen LogP contribution in [0.2, 0.25) is 10.0 Å². The van der Waals surface area contributed by atoms with Crippen molar-refractivity contribution >= 4 is 23.2 Å². The summed E-state index contributed by atoms with van der Waals surface area (Å²) in [6.45, 7) is 1.92. The third-order valence-electron chi connectivity index (χ3n) is 4.09. The van der Waals surface area contributed by atoms with Crippen LogP contribution in [0.1, 0.15) is 36.4 Å². The molecule has 0 aliphatic carbocycles. The number of hydrogen-bond acceptors (Lipinski definition) is 2. The van der Waals surface area contributed by atoms with Crippen LogP contribution in [0.3, 0.4) is 0 Å². The molecular formula is C17H18Cl2N2. The summed E-state index contributed by atoms with van der Waals surface area (Å²) in [5, 5.41) is 1.30. The van der Waals surface area contributed by atoms with Gasteiger partial charge in [-0.2, -0.15) is 0 Å². The Morgan fingerprint density at radius 2 is 2.05 bits per heavy atom. The van der Waals surface area contributed by atoms with Crippen molar-refractivity contribution in [3.05, 3.63) is 63.9 Å². The summed E-state index contributed by atoms with van der Waals surface area (Å²) in [4.78, 5) is 6.74. The van der Waals surface area contributed by atoms with Gasteiger partial charge in [-0.15, -0.1) is 0 Å². The largest absolute Gasteiger partial charge is 0.292 e. The standard InChI is InChI=1S/C17H18Cl2N2/c18-15-7-3-5-14(17(15)19)12-21-10-2-1-8-16(21)13-6-4-9-20-11-13/h3-7,9,11,16H,1-2,8,10,12H2. The number of aromatic nitrogens is 1. The number of hydrogen-bond donors (Lipinski definition) is 0. The lowest BCUT2D eigenvalue weighted by Crippen LogP contribution is -2.33. The Bertz CT molecular complexity index is 601. The molecule has 2 nitrogen and oxygen atoms in total. The molecule has 0 amide bonds. The smallest absolute Gasteiger partial charge is 0.0637 e. The van der Waals surface area contributed by atoms with Crippen LogP contribution in [0.5, 0.6) is 0 Å². The van der Waals surface area contributed by atoms with Gasteiger partial charge in [-0.3, -0.25) is 9.88 Å². The van der Waals surface area contributed by atoms with Gasteiger partial charge in [0.25, 0.3) is 0 Å². The average Bonchev–Trinajstić information content (AvgIpc) is 2.53. The summed E-state index contributed by atoms with van der Waals surface area (Å²) >= 11 is 12.5. The van der Waals surface area contributed by atoms with Crippen molar-refractivity contribution in [1.82, 2.24) is 9.88 Å². The van der Waals surface area contributed by atoms with E-state index in [9.17, 15) is 0 Å². The number of halogens is 2. The predicted octanol–water partition coefficient (Wildman–Crippen LogP) is 5.12. The molecule has 1 atom stereocenters. The second-order valence-electron chi connectivity index (χ2n) is 5.48. The maximum Gasteiger partial charge on any atom is 0.0637 e. The van der Waals surface area contributed by atoms with Gasteiger partial charge in [-0.1, -0.05) is 47.8 Å². The zero-order chi connectivity index (χ0) is 14.7. The van der Waals surface area contributed by atoms with Gasteiger partial charge in [-0.05, 0) is 42.6 Å². The van der Waals surface area contributed by atoms with E-state index in [1.807, 2.05) is 30.6 Å². The van der Waals surface area contributed by atoms with Crippen LogP contribution in [0.15, 0.2) is 42.7 Å². The zero-order valence-corrected chi connectivity index (χ0v) is 13.3. The third kappa shape index (κ3) is 3.39. The van der Waals surface area contributed by atoms with Crippen LogP contribution in [-0.4, -0.2) is 16.4 Å². The minimum atomic E-state index is 0.419. The van der Waals surface area contributed by atoms with Gasteiger partial charge in [0.1, 0.15) is 0 Å². The molecule has 4 heteroatoms. The van der Waals surface area contributed by atoms with Crippen LogP contribution in [0, 0.1) is 0 Å². The van der Waals surface area contributed by atoms with E-state index in [0.717, 1.165) is 18.7 Å². The second kappa shape index (κ2) is 6.78. The first-order valence-corrected chi connectivity index (χ1v) is 8.08. The Morgan fingerprint density at radius 3 is 2.86 bits per heavy atom. The number of nitrogens with zero attached hydrogens (tertiary/aromatic N) is 2. The van der Waals surface area contributed by atoms with Crippen molar-refractivity contribution in [3.8, 4) is 0 Å². The van der Waals surface area contributed by atoms with Gasteiger partial charge in [0, 0.05) is 25.0 Å². The fourth-order valence-electron chi connectivity index (χ4n) is 3.02. The van der Waals surface area contributed by atoms with Gasteiger partial charge < -0.3 is 0 Å². The highest BCUT2D eigenvalue weighted by Crippen LogP contribution is 2.34. The first-order chi connectivity index (χ1) is 10.3. The lowest BCUT2D eigenvalue weighted by molar-refractivity contribution is 0.140. The summed E-state index contributed by atoms with van der Waals surface area (Å²) in [5.41, 5.74) is 2.38. The summed E-state index contributed by atoms with van der Waals surface area (Å²) < 4.78 is 0. The molecule has 0 bridgehead atoms. The molecule has 1 aliphatic rings. The molecule has 1 aliphatic heterocycles. The van der Waals surface area contributed by atoms with Gasteiger partial charge in [0.05, 0.1) is 10.0 Å². The van der Waals surface area contributed by atoms with E-state index < -0.39 is 0 Å². The van der Waals surface area contributed by atoms with Crippen LogP contribution >= 0.6 is 23.2 Å². The summed E-state index contributed by atoms with van der Waals surface area (Å²) in [7, 11) is 0. The van der Waals surface area contributed by atoms with Gasteiger partial charge in [0.15, 0.2) is 0 Å². The van der Waals surface area contributed by atoms with Gasteiger partial charge >= 0.3 is 0 Å². The number of benzene rings is 1. The molecule has 0 N–H and O–H groups in total. The molecule has 1 aromatic carbocycles. The van der Waals surface area contributed by atoms with E-state index >= 15 is 0 Å². The van der Waals surface area contributed by atoms with Crippen molar-refractivity contribution in [2.24, 2.45) is 0 Å². The van der Waals surface area contributed by atoms with Gasteiger partial charge in [-0.25, -0.2) is 0 Å². The van der Waals surface area contributed by atoms with Crippen LogP contribution in [-0.2, 0) is 6.54 Å². The fourth-order valence-corrected chi connectivity index (χ4v) is 3.40. The minimum Gasteiger partial charge on any atom is -0.292 e. The topological polar surface area (TPSA) is 16.1 Å². The molecule has 1 fully saturated rings. The lowest BCUT2D eigenvalue weighted by Gasteiger charge is -2.36. The SMILES string of the molecule is Clc1cccc(CN2CCCCC2c2cccnc2)c1Cl. The lowest BCUT2D eigenvalue weighted by atomic mass is 9.96. The highest BCUT2D eigenvalue weighted by molar-refractivity contribution is 6.42. The van der Waals surface area contributed by atoms with Crippen molar-refractivity contribution in [2.75, 3.05) is 6.54 Å².